The molecule has 1 aromatic carbocycles. The number of aryl methyl sites for hydroxylation is 1. The third-order valence-electron chi connectivity index (χ3n) is 5.04. The van der Waals surface area contributed by atoms with Gasteiger partial charge in [0, 0.05) is 29.3 Å². The van der Waals surface area contributed by atoms with E-state index in [0.717, 1.165) is 51.1 Å². The van der Waals surface area contributed by atoms with Crippen LogP contribution in [0.4, 0.5) is 5.82 Å². The normalized spacial score (nSPS) is 14.6. The van der Waals surface area contributed by atoms with Crippen molar-refractivity contribution in [2.75, 3.05) is 18.9 Å². The van der Waals surface area contributed by atoms with Gasteiger partial charge in [-0.25, -0.2) is 4.98 Å². The van der Waals surface area contributed by atoms with E-state index in [1.165, 1.54) is 5.56 Å². The van der Waals surface area contributed by atoms with Crippen LogP contribution >= 0.6 is 15.9 Å². The first-order chi connectivity index (χ1) is 13.6. The molecule has 0 amide bonds. The number of hydrogen-bond acceptors (Lipinski definition) is 6. The van der Waals surface area contributed by atoms with Gasteiger partial charge in [-0.15, -0.1) is 0 Å². The summed E-state index contributed by atoms with van der Waals surface area (Å²) in [5.41, 5.74) is 11.9. The molecule has 28 heavy (non-hydrogen) atoms. The number of nitrogens with two attached hydrogens (primary N) is 1. The molecule has 0 unspecified atom stereocenters. The number of nitrogens with zero attached hydrogens (tertiary/aromatic N) is 4. The minimum Gasteiger partial charge on any atom is -0.383 e. The molecule has 142 valence electrons. The second-order valence-electron chi connectivity index (χ2n) is 7.09. The molecule has 4 heterocycles. The minimum absolute atomic E-state index is 0.364. The Morgan fingerprint density at radius 1 is 1.29 bits per heavy atom. The molecule has 3 aromatic heterocycles. The average molecular weight is 439 g/mol. The van der Waals surface area contributed by atoms with Crippen LogP contribution in [-0.2, 0) is 11.3 Å². The Hall–Kier alpha value is -2.55. The van der Waals surface area contributed by atoms with Crippen molar-refractivity contribution in [3.05, 3.63) is 52.4 Å². The van der Waals surface area contributed by atoms with E-state index in [9.17, 15) is 0 Å². The summed E-state index contributed by atoms with van der Waals surface area (Å²) in [6, 6.07) is 8.72. The van der Waals surface area contributed by atoms with Crippen LogP contribution in [-0.4, -0.2) is 38.8 Å². The van der Waals surface area contributed by atoms with Gasteiger partial charge in [0.05, 0.1) is 41.1 Å². The van der Waals surface area contributed by atoms with E-state index in [1.807, 2.05) is 12.3 Å². The summed E-state index contributed by atoms with van der Waals surface area (Å²) in [6.07, 6.45) is 3.65. The summed E-state index contributed by atoms with van der Waals surface area (Å²) in [7, 11) is 0. The average Bonchev–Trinajstić information content (AvgIpc) is 3.07. The van der Waals surface area contributed by atoms with Crippen molar-refractivity contribution < 1.29 is 4.74 Å². The minimum atomic E-state index is 0.364. The first-order valence-corrected chi connectivity index (χ1v) is 9.89. The van der Waals surface area contributed by atoms with Gasteiger partial charge in [-0.3, -0.25) is 4.98 Å². The predicted octanol–water partition coefficient (Wildman–Crippen LogP) is 3.09. The first-order valence-electron chi connectivity index (χ1n) is 9.09. The van der Waals surface area contributed by atoms with Crippen molar-refractivity contribution in [2.45, 2.75) is 19.5 Å². The Bertz CT molecular complexity index is 1200. The number of hydrogen-bond donors (Lipinski definition) is 2. The van der Waals surface area contributed by atoms with Gasteiger partial charge >= 0.3 is 0 Å². The number of fused-ring (bicyclic) bond motifs is 2. The molecule has 1 fully saturated rings. The topological polar surface area (TPSA) is 90.4 Å². The van der Waals surface area contributed by atoms with Gasteiger partial charge in [0.1, 0.15) is 5.82 Å². The lowest BCUT2D eigenvalue weighted by Gasteiger charge is -2.27. The number of anilines is 1. The van der Waals surface area contributed by atoms with Crippen LogP contribution in [0.5, 0.6) is 0 Å². The molecule has 1 aliphatic heterocycles. The van der Waals surface area contributed by atoms with Gasteiger partial charge in [-0.1, -0.05) is 11.6 Å². The predicted molar refractivity (Wildman–Crippen MR) is 112 cm³/mol. The van der Waals surface area contributed by atoms with Gasteiger partial charge in [0.25, 0.3) is 0 Å². The fourth-order valence-corrected chi connectivity index (χ4v) is 3.75. The van der Waals surface area contributed by atoms with Crippen LogP contribution in [0.15, 0.2) is 41.1 Å². The van der Waals surface area contributed by atoms with Crippen molar-refractivity contribution in [1.29, 1.82) is 0 Å². The monoisotopic (exact) mass is 438 g/mol. The molecular weight excluding hydrogens is 420 g/mol. The Morgan fingerprint density at radius 2 is 2.14 bits per heavy atom. The number of pyridine rings is 1. The molecule has 1 aliphatic rings. The van der Waals surface area contributed by atoms with E-state index in [0.29, 0.717) is 18.4 Å². The molecule has 4 aromatic rings. The number of nitrogens with one attached hydrogen (secondary N) is 1. The standard InChI is InChI=1S/C20H19BrN6O/c1-11-2-3-16-12(4-11)5-13(6-24-16)15-7-25-27-19(22)18(21)17(26-20(15)27)8-23-14-9-28-10-14/h2-7,14,23H,8-10,22H2,1H3. The van der Waals surface area contributed by atoms with Crippen molar-refractivity contribution in [2.24, 2.45) is 0 Å². The van der Waals surface area contributed by atoms with E-state index in [4.69, 9.17) is 15.5 Å². The molecule has 0 aliphatic carbocycles. The quantitative estimate of drug-likeness (QED) is 0.508. The molecule has 0 spiro atoms. The number of nitrogen functional groups attached to an aromatic ring is 1. The van der Waals surface area contributed by atoms with Crippen LogP contribution < -0.4 is 11.1 Å². The molecule has 3 N–H and O–H groups in total. The molecule has 0 saturated carbocycles. The summed E-state index contributed by atoms with van der Waals surface area (Å²) < 4.78 is 7.64. The molecule has 1 saturated heterocycles. The molecule has 0 atom stereocenters. The van der Waals surface area contributed by atoms with Crippen molar-refractivity contribution in [1.82, 2.24) is 24.9 Å². The highest BCUT2D eigenvalue weighted by molar-refractivity contribution is 9.10. The van der Waals surface area contributed by atoms with Gasteiger partial charge in [0.2, 0.25) is 0 Å². The van der Waals surface area contributed by atoms with Gasteiger partial charge in [-0.05, 0) is 41.1 Å². The SMILES string of the molecule is Cc1ccc2ncc(-c3cnn4c(N)c(Br)c(CNC5COC5)nc34)cc2c1. The zero-order valence-corrected chi connectivity index (χ0v) is 16.9. The maximum Gasteiger partial charge on any atom is 0.165 e. The summed E-state index contributed by atoms with van der Waals surface area (Å²) in [5.74, 6) is 0.530. The molecule has 8 heteroatoms. The molecule has 0 bridgehead atoms. The van der Waals surface area contributed by atoms with Crippen LogP contribution in [0, 0.1) is 6.92 Å². The highest BCUT2D eigenvalue weighted by Crippen LogP contribution is 2.31. The lowest BCUT2D eigenvalue weighted by atomic mass is 10.1. The largest absolute Gasteiger partial charge is 0.383 e. The maximum absolute atomic E-state index is 6.32. The van der Waals surface area contributed by atoms with Crippen LogP contribution in [0.2, 0.25) is 0 Å². The number of ether oxygens (including phenoxy) is 1. The summed E-state index contributed by atoms with van der Waals surface area (Å²) in [5, 5.41) is 8.97. The van der Waals surface area contributed by atoms with Crippen molar-refractivity contribution in [3.63, 3.8) is 0 Å². The summed E-state index contributed by atoms with van der Waals surface area (Å²) in [4.78, 5) is 9.44. The Labute approximate surface area is 170 Å². The van der Waals surface area contributed by atoms with E-state index in [1.54, 1.807) is 10.7 Å². The number of halogens is 1. The zero-order chi connectivity index (χ0) is 19.3. The second kappa shape index (κ2) is 6.80. The highest BCUT2D eigenvalue weighted by atomic mass is 79.9. The smallest absolute Gasteiger partial charge is 0.165 e. The maximum atomic E-state index is 6.32. The van der Waals surface area contributed by atoms with E-state index in [2.05, 4.69) is 56.5 Å². The summed E-state index contributed by atoms with van der Waals surface area (Å²) >= 11 is 3.57. The van der Waals surface area contributed by atoms with Crippen molar-refractivity contribution >= 4 is 38.3 Å². The second-order valence-corrected chi connectivity index (χ2v) is 7.88. The third-order valence-corrected chi connectivity index (χ3v) is 5.90. The Balaban J connectivity index is 1.60. The van der Waals surface area contributed by atoms with Gasteiger partial charge < -0.3 is 15.8 Å². The van der Waals surface area contributed by atoms with E-state index >= 15 is 0 Å². The lowest BCUT2D eigenvalue weighted by molar-refractivity contribution is -0.00592. The fourth-order valence-electron chi connectivity index (χ4n) is 3.36. The van der Waals surface area contributed by atoms with Crippen LogP contribution in [0.25, 0.3) is 27.7 Å². The fraction of sp³-hybridized carbons (Fsp3) is 0.250. The number of rotatable bonds is 4. The third kappa shape index (κ3) is 2.94. The summed E-state index contributed by atoms with van der Waals surface area (Å²) in [6.45, 7) is 4.15. The Morgan fingerprint density at radius 3 is 2.93 bits per heavy atom. The van der Waals surface area contributed by atoms with Crippen LogP contribution in [0.1, 0.15) is 11.3 Å². The first kappa shape index (κ1) is 17.5. The van der Waals surface area contributed by atoms with Gasteiger partial charge in [-0.2, -0.15) is 9.61 Å². The number of aromatic nitrogens is 4. The number of benzene rings is 1. The molecular formula is C20H19BrN6O. The zero-order valence-electron chi connectivity index (χ0n) is 15.3. The van der Waals surface area contributed by atoms with Gasteiger partial charge in [0.15, 0.2) is 5.65 Å². The van der Waals surface area contributed by atoms with Crippen molar-refractivity contribution in [3.8, 4) is 11.1 Å². The van der Waals surface area contributed by atoms with E-state index in [-0.39, 0.29) is 0 Å². The molecule has 0 radical (unpaired) electrons. The van der Waals surface area contributed by atoms with E-state index < -0.39 is 0 Å². The lowest BCUT2D eigenvalue weighted by Crippen LogP contribution is -2.45. The molecule has 5 rings (SSSR count). The highest BCUT2D eigenvalue weighted by Gasteiger charge is 2.20. The molecule has 7 nitrogen and oxygen atoms in total. The van der Waals surface area contributed by atoms with Crippen LogP contribution in [0.3, 0.4) is 0 Å². The Kier molecular flexibility index (Phi) is 4.26.